The van der Waals surface area contributed by atoms with E-state index in [4.69, 9.17) is 9.47 Å². The van der Waals surface area contributed by atoms with Gasteiger partial charge < -0.3 is 14.8 Å². The van der Waals surface area contributed by atoms with Gasteiger partial charge in [0, 0.05) is 23.5 Å². The summed E-state index contributed by atoms with van der Waals surface area (Å²) < 4.78 is 11.2. The number of hydrogen-bond acceptors (Lipinski definition) is 6. The minimum absolute atomic E-state index is 0. The van der Waals surface area contributed by atoms with Gasteiger partial charge in [0.1, 0.15) is 17.0 Å². The third-order valence-electron chi connectivity index (χ3n) is 4.90. The van der Waals surface area contributed by atoms with Crippen LogP contribution >= 0.6 is 23.5 Å². The molecule has 0 amide bonds. The Morgan fingerprint density at radius 3 is 2.72 bits per heavy atom. The van der Waals surface area contributed by atoms with Crippen LogP contribution in [0.3, 0.4) is 0 Å². The van der Waals surface area contributed by atoms with E-state index in [1.807, 2.05) is 55.6 Å². The maximum atomic E-state index is 5.47. The maximum Gasteiger partial charge on any atom is 0.142 e. The number of hydrogen-bond donors (Lipinski definition) is 2. The molecule has 2 fully saturated rings. The minimum Gasteiger partial charge on any atom is -0.497 e. The van der Waals surface area contributed by atoms with Gasteiger partial charge in [-0.15, -0.1) is 23.5 Å². The van der Waals surface area contributed by atoms with E-state index in [-0.39, 0.29) is 6.92 Å². The van der Waals surface area contributed by atoms with E-state index in [1.54, 1.807) is 14.2 Å². The molecule has 0 radical (unpaired) electrons. The van der Waals surface area contributed by atoms with Gasteiger partial charge in [0.25, 0.3) is 0 Å². The molecule has 25 heavy (non-hydrogen) atoms. The van der Waals surface area contributed by atoms with Gasteiger partial charge in [-0.2, -0.15) is 0 Å². The van der Waals surface area contributed by atoms with Crippen molar-refractivity contribution >= 4 is 29.2 Å². The molecule has 140 valence electrons. The van der Waals surface area contributed by atoms with Crippen LogP contribution < -0.4 is 20.1 Å². The SMILES string of the molecule is CC.COc1ccc(OC)c(NC2NC3CC3(C3SC=CC3C)S2)c1.[HH]. The van der Waals surface area contributed by atoms with E-state index in [0.717, 1.165) is 17.2 Å². The molecule has 2 N–H and O–H groups in total. The largest absolute Gasteiger partial charge is 0.497 e. The van der Waals surface area contributed by atoms with Crippen molar-refractivity contribution in [3.63, 3.8) is 0 Å². The zero-order chi connectivity index (χ0) is 18.0. The number of allylic oxidation sites excluding steroid dienone is 1. The molecule has 2 heterocycles. The van der Waals surface area contributed by atoms with E-state index in [1.165, 1.54) is 6.42 Å². The molecule has 0 spiro atoms. The first-order valence-corrected chi connectivity index (χ1v) is 10.7. The summed E-state index contributed by atoms with van der Waals surface area (Å²) in [7, 11) is 3.38. The van der Waals surface area contributed by atoms with Gasteiger partial charge in [-0.1, -0.05) is 26.8 Å². The molecule has 4 nitrogen and oxygen atoms in total. The van der Waals surface area contributed by atoms with Crippen LogP contribution in [0, 0.1) is 5.92 Å². The molecule has 0 aromatic heterocycles. The quantitative estimate of drug-likeness (QED) is 0.764. The van der Waals surface area contributed by atoms with Crippen LogP contribution in [0.1, 0.15) is 28.6 Å². The Kier molecular flexibility index (Phi) is 5.81. The number of ether oxygens (including phenoxy) is 2. The molecular weight excluding hydrogens is 352 g/mol. The molecule has 1 saturated carbocycles. The molecule has 6 heteroatoms. The normalized spacial score (nSPS) is 34.8. The van der Waals surface area contributed by atoms with Crippen molar-refractivity contribution in [2.24, 2.45) is 5.92 Å². The Morgan fingerprint density at radius 1 is 1.28 bits per heavy atom. The molecule has 2 aliphatic heterocycles. The van der Waals surface area contributed by atoms with Gasteiger partial charge in [0.05, 0.1) is 19.9 Å². The lowest BCUT2D eigenvalue weighted by molar-refractivity contribution is 0.404. The molecule has 1 saturated heterocycles. The van der Waals surface area contributed by atoms with Gasteiger partial charge >= 0.3 is 0 Å². The van der Waals surface area contributed by atoms with Crippen LogP contribution in [0.2, 0.25) is 0 Å². The zero-order valence-corrected chi connectivity index (χ0v) is 17.2. The van der Waals surface area contributed by atoms with Crippen molar-refractivity contribution < 1.29 is 10.9 Å². The summed E-state index contributed by atoms with van der Waals surface area (Å²) in [6.45, 7) is 6.33. The Labute approximate surface area is 161 Å². The predicted octanol–water partition coefficient (Wildman–Crippen LogP) is 4.78. The van der Waals surface area contributed by atoms with Gasteiger partial charge in [-0.05, 0) is 29.9 Å². The smallest absolute Gasteiger partial charge is 0.142 e. The van der Waals surface area contributed by atoms with Gasteiger partial charge in [-0.25, -0.2) is 0 Å². The summed E-state index contributed by atoms with van der Waals surface area (Å²) in [5.74, 6) is 2.33. The van der Waals surface area contributed by atoms with Crippen molar-refractivity contribution in [1.29, 1.82) is 0 Å². The highest BCUT2D eigenvalue weighted by Crippen LogP contribution is 2.63. The summed E-state index contributed by atoms with van der Waals surface area (Å²) in [5, 5.41) is 10.2. The molecule has 4 rings (SSSR count). The van der Waals surface area contributed by atoms with Crippen LogP contribution in [0.25, 0.3) is 0 Å². The summed E-state index contributed by atoms with van der Waals surface area (Å²) in [6, 6.07) is 6.46. The molecule has 1 aromatic rings. The lowest BCUT2D eigenvalue weighted by atomic mass is 10.0. The Bertz CT molecular complexity index is 646. The predicted molar refractivity (Wildman–Crippen MR) is 112 cm³/mol. The maximum absolute atomic E-state index is 5.47. The van der Waals surface area contributed by atoms with E-state index in [2.05, 4.69) is 29.0 Å². The van der Waals surface area contributed by atoms with Crippen LogP contribution in [0.15, 0.2) is 29.7 Å². The molecule has 1 aromatic carbocycles. The molecule has 1 aliphatic carbocycles. The first kappa shape index (κ1) is 18.8. The molecule has 3 aliphatic rings. The van der Waals surface area contributed by atoms with Crippen LogP contribution in [0.5, 0.6) is 11.5 Å². The molecule has 5 unspecified atom stereocenters. The zero-order valence-electron chi connectivity index (χ0n) is 15.5. The lowest BCUT2D eigenvalue weighted by Crippen LogP contribution is -2.30. The number of rotatable bonds is 5. The van der Waals surface area contributed by atoms with Crippen LogP contribution in [0.4, 0.5) is 5.69 Å². The van der Waals surface area contributed by atoms with Crippen molar-refractivity contribution in [3.8, 4) is 11.5 Å². The van der Waals surface area contributed by atoms with E-state index < -0.39 is 0 Å². The third-order valence-corrected chi connectivity index (χ3v) is 8.14. The second kappa shape index (κ2) is 7.72. The van der Waals surface area contributed by atoms with E-state index >= 15 is 0 Å². The second-order valence-electron chi connectivity index (χ2n) is 6.33. The summed E-state index contributed by atoms with van der Waals surface area (Å²) >= 11 is 4.03. The number of anilines is 1. The fraction of sp³-hybridized carbons (Fsp3) is 0.579. The highest BCUT2D eigenvalue weighted by Gasteiger charge is 2.66. The monoisotopic (exact) mass is 382 g/mol. The second-order valence-corrected chi connectivity index (χ2v) is 8.85. The number of fused-ring (bicyclic) bond motifs is 1. The lowest BCUT2D eigenvalue weighted by Gasteiger charge is -2.25. The number of nitrogens with one attached hydrogen (secondary N) is 2. The van der Waals surface area contributed by atoms with E-state index in [0.29, 0.717) is 22.0 Å². The van der Waals surface area contributed by atoms with Gasteiger partial charge in [0.2, 0.25) is 0 Å². The summed E-state index contributed by atoms with van der Waals surface area (Å²) in [4.78, 5) is 0. The first-order valence-electron chi connectivity index (χ1n) is 8.91. The number of methoxy groups -OCH3 is 2. The standard InChI is InChI=1S/C17H22N2O2S2.C2H6.H2/c1-10-6-7-22-15(10)17-9-14(17)19-16(23-17)18-12-8-11(20-2)4-5-13(12)21-3;1-2;/h4-8,10,14-16,18-19H,9H2,1-3H3;1-2H3;1H. The average Bonchev–Trinajstić information content (AvgIpc) is 2.96. The van der Waals surface area contributed by atoms with Crippen molar-refractivity contribution in [1.82, 2.24) is 5.32 Å². The molecule has 5 atom stereocenters. The minimum atomic E-state index is 0. The summed E-state index contributed by atoms with van der Waals surface area (Å²) in [6.07, 6.45) is 3.61. The number of thioether (sulfide) groups is 2. The van der Waals surface area contributed by atoms with Crippen LogP contribution in [-0.4, -0.2) is 35.8 Å². The number of benzene rings is 1. The van der Waals surface area contributed by atoms with Gasteiger partial charge in [0.15, 0.2) is 0 Å². The fourth-order valence-electron chi connectivity index (χ4n) is 3.59. The summed E-state index contributed by atoms with van der Waals surface area (Å²) in [5.41, 5.74) is 1.18. The topological polar surface area (TPSA) is 42.5 Å². The van der Waals surface area contributed by atoms with Crippen molar-refractivity contribution in [2.45, 2.75) is 48.7 Å². The van der Waals surface area contributed by atoms with Gasteiger partial charge in [-0.3, -0.25) is 5.32 Å². The van der Waals surface area contributed by atoms with Crippen molar-refractivity contribution in [3.05, 3.63) is 29.7 Å². The fourth-order valence-corrected chi connectivity index (χ4v) is 6.96. The molecular formula is C19H30N2O2S2. The van der Waals surface area contributed by atoms with Crippen molar-refractivity contribution in [2.75, 3.05) is 19.5 Å². The third kappa shape index (κ3) is 3.49. The highest BCUT2D eigenvalue weighted by molar-refractivity contribution is 8.06. The van der Waals surface area contributed by atoms with Crippen LogP contribution in [-0.2, 0) is 0 Å². The Balaban J connectivity index is 0.000000784. The Hall–Kier alpha value is -0.980. The Morgan fingerprint density at radius 2 is 2.08 bits per heavy atom. The first-order chi connectivity index (χ1) is 12.2. The highest BCUT2D eigenvalue weighted by atomic mass is 32.2. The average molecular weight is 383 g/mol. The van der Waals surface area contributed by atoms with E-state index in [9.17, 15) is 0 Å². The molecule has 0 bridgehead atoms.